The normalized spacial score (nSPS) is 52.1. The highest BCUT2D eigenvalue weighted by Gasteiger charge is 2.49. The van der Waals surface area contributed by atoms with E-state index in [9.17, 15) is 0 Å². The first-order valence-corrected chi connectivity index (χ1v) is 4.05. The van der Waals surface area contributed by atoms with Crippen molar-refractivity contribution >= 4 is 7.85 Å². The van der Waals surface area contributed by atoms with E-state index in [1.807, 2.05) is 0 Å². The van der Waals surface area contributed by atoms with Crippen molar-refractivity contribution in [2.75, 3.05) is 6.61 Å². The van der Waals surface area contributed by atoms with Crippen LogP contribution in [0.5, 0.6) is 0 Å². The fourth-order valence-electron chi connectivity index (χ4n) is 1.93. The number of hydrogen-bond acceptors (Lipinski definition) is 2. The predicted octanol–water partition coefficient (Wildman–Crippen LogP) is -0.0865. The Morgan fingerprint density at radius 3 is 2.80 bits per heavy atom. The lowest BCUT2D eigenvalue weighted by atomic mass is 9.93. The first-order valence-electron chi connectivity index (χ1n) is 4.05. The average Bonchev–Trinajstić information content (AvgIpc) is 2.45. The minimum absolute atomic E-state index is 0.101. The van der Waals surface area contributed by atoms with Gasteiger partial charge in [-0.05, 0) is 6.42 Å². The first kappa shape index (κ1) is 6.68. The summed E-state index contributed by atoms with van der Waals surface area (Å²) in [6.07, 6.45) is 2.60. The minimum atomic E-state index is 0.101. The lowest BCUT2D eigenvalue weighted by Gasteiger charge is -2.27. The molecule has 0 aromatic carbocycles. The Morgan fingerprint density at radius 2 is 2.50 bits per heavy atom. The molecular formula is C7H13BO2. The van der Waals surface area contributed by atoms with Crippen LogP contribution in [0.4, 0.5) is 0 Å². The summed E-state index contributed by atoms with van der Waals surface area (Å²) in [6, 6.07) is 0.327. The van der Waals surface area contributed by atoms with E-state index in [4.69, 9.17) is 9.47 Å². The predicted molar refractivity (Wildman–Crippen MR) is 40.8 cm³/mol. The third-order valence-electron chi connectivity index (χ3n) is 2.74. The van der Waals surface area contributed by atoms with Crippen LogP contribution in [0.2, 0.25) is 0 Å². The Balaban J connectivity index is 2.14. The molecule has 0 radical (unpaired) electrons. The first-order chi connectivity index (χ1) is 4.76. The van der Waals surface area contributed by atoms with Crippen LogP contribution in [-0.2, 0) is 9.47 Å². The second-order valence-electron chi connectivity index (χ2n) is 3.41. The molecule has 2 fully saturated rings. The second-order valence-corrected chi connectivity index (χ2v) is 3.41. The summed E-state index contributed by atoms with van der Waals surface area (Å²) in [4.78, 5) is 0. The second kappa shape index (κ2) is 1.99. The molecule has 0 aromatic heterocycles. The zero-order chi connectivity index (χ0) is 7.19. The average molecular weight is 140 g/mol. The molecule has 2 rings (SSSR count). The number of rotatable bonds is 1. The van der Waals surface area contributed by atoms with Crippen LogP contribution in [0.1, 0.15) is 19.8 Å². The lowest BCUT2D eigenvalue weighted by Crippen LogP contribution is -2.36. The molecule has 0 N–H and O–H groups in total. The quantitative estimate of drug-likeness (QED) is 0.474. The maximum Gasteiger partial charge on any atom is 0.142 e. The highest BCUT2D eigenvalue weighted by atomic mass is 16.6. The highest BCUT2D eigenvalue weighted by molar-refractivity contribution is 6.11. The summed E-state index contributed by atoms with van der Waals surface area (Å²) >= 11 is 0. The standard InChI is InChI=1S/C7H13BO2/c1-2-7-3-5(9-4-7)6(8)10-7/h5-6H,2-4,8H2,1H3/t5-,6+,7+/m0/s1. The summed E-state index contributed by atoms with van der Waals surface area (Å²) in [6.45, 7) is 2.99. The van der Waals surface area contributed by atoms with Gasteiger partial charge in [-0.1, -0.05) is 6.92 Å². The Labute approximate surface area is 62.3 Å². The van der Waals surface area contributed by atoms with Crippen molar-refractivity contribution in [1.29, 1.82) is 0 Å². The third-order valence-corrected chi connectivity index (χ3v) is 2.74. The molecule has 10 heavy (non-hydrogen) atoms. The Hall–Kier alpha value is -0.0151. The molecule has 2 aliphatic heterocycles. The summed E-state index contributed by atoms with van der Waals surface area (Å²) in [7, 11) is 2.10. The van der Waals surface area contributed by atoms with Crippen molar-refractivity contribution in [2.24, 2.45) is 0 Å². The van der Waals surface area contributed by atoms with Gasteiger partial charge in [-0.3, -0.25) is 0 Å². The molecule has 0 amide bonds. The number of ether oxygens (including phenoxy) is 2. The molecule has 0 spiro atoms. The van der Waals surface area contributed by atoms with Gasteiger partial charge in [0.2, 0.25) is 0 Å². The van der Waals surface area contributed by atoms with Gasteiger partial charge in [-0.15, -0.1) is 0 Å². The van der Waals surface area contributed by atoms with Crippen LogP contribution >= 0.6 is 0 Å². The molecule has 56 valence electrons. The van der Waals surface area contributed by atoms with Crippen molar-refractivity contribution in [3.05, 3.63) is 0 Å². The van der Waals surface area contributed by atoms with E-state index in [-0.39, 0.29) is 5.60 Å². The molecule has 3 heteroatoms. The highest BCUT2D eigenvalue weighted by Crippen LogP contribution is 2.40. The topological polar surface area (TPSA) is 18.5 Å². The van der Waals surface area contributed by atoms with E-state index < -0.39 is 0 Å². The molecule has 2 aliphatic rings. The van der Waals surface area contributed by atoms with Gasteiger partial charge in [0.05, 0.1) is 24.3 Å². The largest absolute Gasteiger partial charge is 0.376 e. The van der Waals surface area contributed by atoms with Gasteiger partial charge >= 0.3 is 0 Å². The molecule has 2 nitrogen and oxygen atoms in total. The maximum atomic E-state index is 5.77. The molecule has 2 saturated heterocycles. The molecule has 2 bridgehead atoms. The van der Waals surface area contributed by atoms with Crippen molar-refractivity contribution < 1.29 is 9.47 Å². The SMILES string of the molecule is B[C@@H]1O[C@@]2(CC)CO[C@H]1C2. The summed E-state index contributed by atoms with van der Waals surface area (Å²) in [5.41, 5.74) is 0.101. The molecule has 2 heterocycles. The summed E-state index contributed by atoms with van der Waals surface area (Å²) in [5, 5.41) is 0. The third kappa shape index (κ3) is 0.737. The smallest absolute Gasteiger partial charge is 0.142 e. The molecular weight excluding hydrogens is 127 g/mol. The van der Waals surface area contributed by atoms with Crippen LogP contribution in [0.15, 0.2) is 0 Å². The Morgan fingerprint density at radius 1 is 1.70 bits per heavy atom. The van der Waals surface area contributed by atoms with Crippen LogP contribution in [0.25, 0.3) is 0 Å². The van der Waals surface area contributed by atoms with E-state index in [2.05, 4.69) is 14.8 Å². The van der Waals surface area contributed by atoms with Crippen molar-refractivity contribution in [1.82, 2.24) is 0 Å². The van der Waals surface area contributed by atoms with Crippen molar-refractivity contribution in [3.63, 3.8) is 0 Å². The van der Waals surface area contributed by atoms with E-state index in [1.54, 1.807) is 0 Å². The van der Waals surface area contributed by atoms with Gasteiger partial charge < -0.3 is 9.47 Å². The summed E-state index contributed by atoms with van der Waals surface area (Å²) < 4.78 is 11.3. The van der Waals surface area contributed by atoms with Crippen LogP contribution < -0.4 is 0 Å². The maximum absolute atomic E-state index is 5.77. The molecule has 0 unspecified atom stereocenters. The van der Waals surface area contributed by atoms with Gasteiger partial charge in [-0.25, -0.2) is 0 Å². The van der Waals surface area contributed by atoms with Crippen LogP contribution in [-0.4, -0.2) is 32.2 Å². The fraction of sp³-hybridized carbons (Fsp3) is 1.00. The zero-order valence-corrected chi connectivity index (χ0v) is 6.59. The van der Waals surface area contributed by atoms with Gasteiger partial charge in [0, 0.05) is 6.42 Å². The molecule has 0 aromatic rings. The van der Waals surface area contributed by atoms with E-state index in [0.717, 1.165) is 19.4 Å². The van der Waals surface area contributed by atoms with Gasteiger partial charge in [0.15, 0.2) is 0 Å². The molecule has 0 saturated carbocycles. The van der Waals surface area contributed by atoms with Gasteiger partial charge in [-0.2, -0.15) is 0 Å². The van der Waals surface area contributed by atoms with E-state index in [1.165, 1.54) is 0 Å². The van der Waals surface area contributed by atoms with Crippen LogP contribution in [0, 0.1) is 0 Å². The van der Waals surface area contributed by atoms with Crippen LogP contribution in [0.3, 0.4) is 0 Å². The Kier molecular flexibility index (Phi) is 1.33. The minimum Gasteiger partial charge on any atom is -0.376 e. The fourth-order valence-corrected chi connectivity index (χ4v) is 1.93. The van der Waals surface area contributed by atoms with E-state index in [0.29, 0.717) is 12.1 Å². The van der Waals surface area contributed by atoms with E-state index >= 15 is 0 Å². The van der Waals surface area contributed by atoms with Gasteiger partial charge in [0.1, 0.15) is 7.85 Å². The number of hydrogen-bond donors (Lipinski definition) is 0. The monoisotopic (exact) mass is 140 g/mol. The zero-order valence-electron chi connectivity index (χ0n) is 6.59. The molecule has 3 atom stereocenters. The number of fused-ring (bicyclic) bond motifs is 2. The van der Waals surface area contributed by atoms with Crippen molar-refractivity contribution in [3.8, 4) is 0 Å². The Bertz CT molecular complexity index is 147. The molecule has 0 aliphatic carbocycles. The summed E-state index contributed by atoms with van der Waals surface area (Å²) in [5.74, 6) is 0. The lowest BCUT2D eigenvalue weighted by molar-refractivity contribution is -0.113. The van der Waals surface area contributed by atoms with Gasteiger partial charge in [0.25, 0.3) is 0 Å². The van der Waals surface area contributed by atoms with Crippen molar-refractivity contribution in [2.45, 2.75) is 37.5 Å².